The Morgan fingerprint density at radius 2 is 1.73 bits per heavy atom. The first-order valence-corrected chi connectivity index (χ1v) is 11.5. The Morgan fingerprint density at radius 1 is 0.970 bits per heavy atom. The van der Waals surface area contributed by atoms with E-state index in [0.29, 0.717) is 27.2 Å². The van der Waals surface area contributed by atoms with Gasteiger partial charge in [0.2, 0.25) is 0 Å². The quantitative estimate of drug-likeness (QED) is 0.277. The van der Waals surface area contributed by atoms with Crippen molar-refractivity contribution in [1.29, 1.82) is 0 Å². The van der Waals surface area contributed by atoms with Crippen molar-refractivity contribution in [3.8, 4) is 0 Å². The van der Waals surface area contributed by atoms with Crippen LogP contribution in [0.5, 0.6) is 0 Å². The molecule has 1 fully saturated rings. The molecule has 3 aromatic carbocycles. The summed E-state index contributed by atoms with van der Waals surface area (Å²) < 4.78 is 15.4. The van der Waals surface area contributed by atoms with Gasteiger partial charge in [-0.05, 0) is 65.9 Å². The SMILES string of the molecule is O=C1S/C(=C/c2cn(Cc3ccc(F)cc3Cl)c3ccccc23)C(=O)N1c1ccc(Cl)cc1. The monoisotopic (exact) mass is 496 g/mol. The summed E-state index contributed by atoms with van der Waals surface area (Å²) in [5.41, 5.74) is 2.97. The number of amides is 2. The van der Waals surface area contributed by atoms with E-state index in [1.807, 2.05) is 35.0 Å². The average molecular weight is 497 g/mol. The molecule has 0 aliphatic carbocycles. The van der Waals surface area contributed by atoms with Crippen LogP contribution in [0.1, 0.15) is 11.1 Å². The first-order valence-electron chi connectivity index (χ1n) is 9.96. The number of para-hydroxylation sites is 1. The van der Waals surface area contributed by atoms with Crippen LogP contribution in [0.2, 0.25) is 10.0 Å². The lowest BCUT2D eigenvalue weighted by atomic mass is 10.1. The molecule has 2 heterocycles. The number of aromatic nitrogens is 1. The normalized spacial score (nSPS) is 15.2. The van der Waals surface area contributed by atoms with Crippen LogP contribution in [0.3, 0.4) is 0 Å². The van der Waals surface area contributed by atoms with Crippen molar-refractivity contribution in [3.63, 3.8) is 0 Å². The van der Waals surface area contributed by atoms with E-state index < -0.39 is 5.82 Å². The van der Waals surface area contributed by atoms with Crippen LogP contribution in [0.25, 0.3) is 17.0 Å². The van der Waals surface area contributed by atoms with E-state index in [0.717, 1.165) is 38.7 Å². The third-order valence-corrected chi connectivity index (χ3v) is 6.81. The molecule has 8 heteroatoms. The molecule has 1 aliphatic rings. The number of thioether (sulfide) groups is 1. The van der Waals surface area contributed by atoms with Crippen LogP contribution in [0.4, 0.5) is 14.9 Å². The molecule has 164 valence electrons. The van der Waals surface area contributed by atoms with E-state index in [9.17, 15) is 14.0 Å². The largest absolute Gasteiger partial charge is 0.342 e. The minimum Gasteiger partial charge on any atom is -0.342 e. The molecule has 2 amide bonds. The minimum absolute atomic E-state index is 0.331. The molecule has 1 saturated heterocycles. The molecular weight excluding hydrogens is 482 g/mol. The number of nitrogens with zero attached hydrogens (tertiary/aromatic N) is 2. The standard InChI is InChI=1S/C25H15Cl2FN2O2S/c26-17-6-9-19(10-7-17)30-24(31)23(33-25(30)32)11-16-14-29(22-4-2-1-3-20(16)22)13-15-5-8-18(28)12-21(15)27/h1-12,14H,13H2/b23-11+. The Bertz CT molecular complexity index is 1450. The Kier molecular flexibility index (Phi) is 5.74. The van der Waals surface area contributed by atoms with E-state index in [1.165, 1.54) is 12.1 Å². The number of carbonyl (C=O) groups is 2. The molecule has 0 spiro atoms. The van der Waals surface area contributed by atoms with E-state index in [-0.39, 0.29) is 11.1 Å². The van der Waals surface area contributed by atoms with Gasteiger partial charge in [-0.2, -0.15) is 0 Å². The summed E-state index contributed by atoms with van der Waals surface area (Å²) in [6.45, 7) is 0.430. The minimum atomic E-state index is -0.391. The Morgan fingerprint density at radius 3 is 2.48 bits per heavy atom. The van der Waals surface area contributed by atoms with Gasteiger partial charge >= 0.3 is 0 Å². The molecule has 0 saturated carbocycles. The summed E-state index contributed by atoms with van der Waals surface area (Å²) in [4.78, 5) is 27.1. The van der Waals surface area contributed by atoms with Crippen LogP contribution in [-0.4, -0.2) is 15.7 Å². The lowest BCUT2D eigenvalue weighted by molar-refractivity contribution is -0.113. The molecule has 1 aliphatic heterocycles. The van der Waals surface area contributed by atoms with Gasteiger partial charge in [-0.1, -0.05) is 47.5 Å². The number of rotatable bonds is 4. The summed E-state index contributed by atoms with van der Waals surface area (Å²) in [5, 5.41) is 1.43. The van der Waals surface area contributed by atoms with Crippen molar-refractivity contribution in [3.05, 3.63) is 105 Å². The van der Waals surface area contributed by atoms with Crippen LogP contribution in [-0.2, 0) is 11.3 Å². The molecule has 33 heavy (non-hydrogen) atoms. The van der Waals surface area contributed by atoms with Crippen molar-refractivity contribution in [1.82, 2.24) is 4.57 Å². The van der Waals surface area contributed by atoms with Crippen molar-refractivity contribution in [2.24, 2.45) is 0 Å². The highest BCUT2D eigenvalue weighted by molar-refractivity contribution is 8.19. The first kappa shape index (κ1) is 21.8. The predicted molar refractivity (Wildman–Crippen MR) is 132 cm³/mol. The average Bonchev–Trinajstić information content (AvgIpc) is 3.28. The fraction of sp³-hybridized carbons (Fsp3) is 0.0400. The third kappa shape index (κ3) is 4.17. The number of anilines is 1. The maximum Gasteiger partial charge on any atom is 0.298 e. The topological polar surface area (TPSA) is 42.3 Å². The highest BCUT2D eigenvalue weighted by Crippen LogP contribution is 2.37. The van der Waals surface area contributed by atoms with E-state index in [1.54, 1.807) is 36.4 Å². The van der Waals surface area contributed by atoms with Gasteiger partial charge < -0.3 is 4.57 Å². The molecule has 5 rings (SSSR count). The molecule has 4 aromatic rings. The lowest BCUT2D eigenvalue weighted by Gasteiger charge is -2.12. The summed E-state index contributed by atoms with van der Waals surface area (Å²) in [6.07, 6.45) is 3.63. The Labute approximate surface area is 203 Å². The molecule has 0 N–H and O–H groups in total. The number of halogens is 3. The van der Waals surface area contributed by atoms with Crippen LogP contribution in [0.15, 0.2) is 77.8 Å². The van der Waals surface area contributed by atoms with Crippen LogP contribution < -0.4 is 4.90 Å². The predicted octanol–water partition coefficient (Wildman–Crippen LogP) is 7.38. The van der Waals surface area contributed by atoms with Gasteiger partial charge in [0.25, 0.3) is 11.1 Å². The van der Waals surface area contributed by atoms with Crippen molar-refractivity contribution in [2.75, 3.05) is 4.90 Å². The molecule has 0 bridgehead atoms. The highest BCUT2D eigenvalue weighted by atomic mass is 35.5. The first-order chi connectivity index (χ1) is 15.9. The lowest BCUT2D eigenvalue weighted by Crippen LogP contribution is -2.27. The zero-order chi connectivity index (χ0) is 23.1. The smallest absolute Gasteiger partial charge is 0.298 e. The van der Waals surface area contributed by atoms with Gasteiger partial charge in [-0.15, -0.1) is 0 Å². The number of fused-ring (bicyclic) bond motifs is 1. The molecular formula is C25H15Cl2FN2O2S. The molecule has 1 aromatic heterocycles. The zero-order valence-electron chi connectivity index (χ0n) is 17.0. The summed E-state index contributed by atoms with van der Waals surface area (Å²) >= 11 is 13.1. The summed E-state index contributed by atoms with van der Waals surface area (Å²) in [7, 11) is 0. The highest BCUT2D eigenvalue weighted by Gasteiger charge is 2.36. The molecule has 0 radical (unpaired) electrons. The molecule has 0 unspecified atom stereocenters. The van der Waals surface area contributed by atoms with Crippen LogP contribution in [0, 0.1) is 5.82 Å². The third-order valence-electron chi connectivity index (χ3n) is 5.34. The molecule has 4 nitrogen and oxygen atoms in total. The van der Waals surface area contributed by atoms with E-state index in [2.05, 4.69) is 0 Å². The summed E-state index contributed by atoms with van der Waals surface area (Å²) in [5.74, 6) is -0.774. The maximum atomic E-state index is 13.4. The van der Waals surface area contributed by atoms with E-state index in [4.69, 9.17) is 23.2 Å². The Balaban J connectivity index is 1.52. The van der Waals surface area contributed by atoms with Crippen molar-refractivity contribution < 1.29 is 14.0 Å². The van der Waals surface area contributed by atoms with Crippen molar-refractivity contribution >= 4 is 68.8 Å². The Hall–Kier alpha value is -3.06. The van der Waals surface area contributed by atoms with Gasteiger partial charge in [0, 0.05) is 39.3 Å². The number of hydrogen-bond acceptors (Lipinski definition) is 3. The van der Waals surface area contributed by atoms with Crippen LogP contribution >= 0.6 is 35.0 Å². The second-order valence-electron chi connectivity index (χ2n) is 7.46. The fourth-order valence-corrected chi connectivity index (χ4v) is 4.96. The van der Waals surface area contributed by atoms with Gasteiger partial charge in [0.1, 0.15) is 5.82 Å². The maximum absolute atomic E-state index is 13.4. The van der Waals surface area contributed by atoms with Gasteiger partial charge in [-0.3, -0.25) is 9.59 Å². The number of benzene rings is 3. The second-order valence-corrected chi connectivity index (χ2v) is 9.30. The van der Waals surface area contributed by atoms with Gasteiger partial charge in [0.05, 0.1) is 10.6 Å². The van der Waals surface area contributed by atoms with Gasteiger partial charge in [0.15, 0.2) is 0 Å². The van der Waals surface area contributed by atoms with E-state index >= 15 is 0 Å². The summed E-state index contributed by atoms with van der Waals surface area (Å²) in [6, 6.07) is 18.6. The fourth-order valence-electron chi connectivity index (χ4n) is 3.78. The zero-order valence-corrected chi connectivity index (χ0v) is 19.3. The molecule has 0 atom stereocenters. The number of imide groups is 1. The van der Waals surface area contributed by atoms with Crippen molar-refractivity contribution in [2.45, 2.75) is 6.54 Å². The number of hydrogen-bond donors (Lipinski definition) is 0. The van der Waals surface area contributed by atoms with Gasteiger partial charge in [-0.25, -0.2) is 9.29 Å². The second kappa shape index (κ2) is 8.71. The number of carbonyl (C=O) groups excluding carboxylic acids is 2.